The maximum absolute atomic E-state index is 12.7. The van der Waals surface area contributed by atoms with Crippen molar-refractivity contribution in [1.82, 2.24) is 5.32 Å². The predicted octanol–water partition coefficient (Wildman–Crippen LogP) is 2.87. The van der Waals surface area contributed by atoms with Crippen LogP contribution in [0.4, 0.5) is 5.69 Å². The second-order valence-corrected chi connectivity index (χ2v) is 7.91. The summed E-state index contributed by atoms with van der Waals surface area (Å²) in [6, 6.07) is 10.0. The summed E-state index contributed by atoms with van der Waals surface area (Å²) >= 11 is 0. The first-order chi connectivity index (χ1) is 12.7. The SMILES string of the molecule is COc1ccc([C@H](C)NC(=O)c2cccc(NS(C)(=O)=O)c2C)cc1OC. The number of benzene rings is 2. The number of anilines is 1. The Morgan fingerprint density at radius 1 is 1.07 bits per heavy atom. The molecule has 0 aromatic heterocycles. The summed E-state index contributed by atoms with van der Waals surface area (Å²) in [6.45, 7) is 3.55. The summed E-state index contributed by atoms with van der Waals surface area (Å²) in [5.41, 5.74) is 2.18. The molecular formula is C19H24N2O5S. The monoisotopic (exact) mass is 392 g/mol. The lowest BCUT2D eigenvalue weighted by Crippen LogP contribution is -2.27. The van der Waals surface area contributed by atoms with Gasteiger partial charge in [0.25, 0.3) is 5.91 Å². The van der Waals surface area contributed by atoms with E-state index in [2.05, 4.69) is 10.0 Å². The number of carbonyl (C=O) groups excluding carboxylic acids is 1. The molecule has 1 amide bonds. The smallest absolute Gasteiger partial charge is 0.252 e. The van der Waals surface area contributed by atoms with Crippen molar-refractivity contribution in [3.8, 4) is 11.5 Å². The first kappa shape index (κ1) is 20.6. The second-order valence-electron chi connectivity index (χ2n) is 6.16. The molecule has 0 fully saturated rings. The third kappa shape index (κ3) is 5.13. The molecule has 146 valence electrons. The Morgan fingerprint density at radius 3 is 2.33 bits per heavy atom. The van der Waals surface area contributed by atoms with Gasteiger partial charge in [-0.2, -0.15) is 0 Å². The van der Waals surface area contributed by atoms with Gasteiger partial charge in [0.2, 0.25) is 10.0 Å². The van der Waals surface area contributed by atoms with Crippen molar-refractivity contribution in [2.75, 3.05) is 25.2 Å². The van der Waals surface area contributed by atoms with E-state index in [4.69, 9.17) is 9.47 Å². The molecule has 0 aliphatic carbocycles. The molecule has 0 heterocycles. The van der Waals surface area contributed by atoms with Crippen LogP contribution in [0.3, 0.4) is 0 Å². The first-order valence-corrected chi connectivity index (χ1v) is 10.2. The minimum atomic E-state index is -3.43. The van der Waals surface area contributed by atoms with Crippen LogP contribution in [0, 0.1) is 6.92 Å². The molecule has 0 unspecified atom stereocenters. The van der Waals surface area contributed by atoms with Gasteiger partial charge in [-0.15, -0.1) is 0 Å². The zero-order chi connectivity index (χ0) is 20.2. The molecule has 2 aromatic rings. The van der Waals surface area contributed by atoms with E-state index in [1.807, 2.05) is 13.0 Å². The fourth-order valence-corrected chi connectivity index (χ4v) is 3.29. The zero-order valence-electron chi connectivity index (χ0n) is 16.0. The molecule has 0 bridgehead atoms. The average molecular weight is 392 g/mol. The van der Waals surface area contributed by atoms with Crippen LogP contribution in [0.15, 0.2) is 36.4 Å². The number of amides is 1. The van der Waals surface area contributed by atoms with Crippen LogP contribution in [-0.4, -0.2) is 34.8 Å². The topological polar surface area (TPSA) is 93.7 Å². The minimum Gasteiger partial charge on any atom is -0.493 e. The summed E-state index contributed by atoms with van der Waals surface area (Å²) in [4.78, 5) is 12.7. The highest BCUT2D eigenvalue weighted by Gasteiger charge is 2.17. The van der Waals surface area contributed by atoms with E-state index in [0.29, 0.717) is 28.3 Å². The van der Waals surface area contributed by atoms with Crippen LogP contribution in [0.2, 0.25) is 0 Å². The molecule has 2 aromatic carbocycles. The van der Waals surface area contributed by atoms with Gasteiger partial charge in [0.15, 0.2) is 11.5 Å². The van der Waals surface area contributed by atoms with Gasteiger partial charge >= 0.3 is 0 Å². The fraction of sp³-hybridized carbons (Fsp3) is 0.316. The number of sulfonamides is 1. The van der Waals surface area contributed by atoms with Crippen LogP contribution < -0.4 is 19.5 Å². The number of nitrogens with one attached hydrogen (secondary N) is 2. The van der Waals surface area contributed by atoms with E-state index in [1.54, 1.807) is 51.5 Å². The summed E-state index contributed by atoms with van der Waals surface area (Å²) < 4.78 is 35.9. The molecule has 8 heteroatoms. The predicted molar refractivity (Wildman–Crippen MR) is 105 cm³/mol. The van der Waals surface area contributed by atoms with Gasteiger partial charge in [-0.1, -0.05) is 12.1 Å². The van der Waals surface area contributed by atoms with Crippen molar-refractivity contribution < 1.29 is 22.7 Å². The first-order valence-electron chi connectivity index (χ1n) is 8.26. The van der Waals surface area contributed by atoms with Crippen molar-refractivity contribution in [3.63, 3.8) is 0 Å². The maximum atomic E-state index is 12.7. The van der Waals surface area contributed by atoms with Crippen LogP contribution in [0.25, 0.3) is 0 Å². The number of methoxy groups -OCH3 is 2. The van der Waals surface area contributed by atoms with Crippen molar-refractivity contribution in [2.45, 2.75) is 19.9 Å². The molecular weight excluding hydrogens is 368 g/mol. The van der Waals surface area contributed by atoms with E-state index in [-0.39, 0.29) is 11.9 Å². The van der Waals surface area contributed by atoms with Gasteiger partial charge < -0.3 is 14.8 Å². The maximum Gasteiger partial charge on any atom is 0.252 e. The largest absolute Gasteiger partial charge is 0.493 e. The Morgan fingerprint density at radius 2 is 1.74 bits per heavy atom. The normalized spacial score (nSPS) is 12.2. The van der Waals surface area contributed by atoms with Crippen molar-refractivity contribution in [3.05, 3.63) is 53.1 Å². The van der Waals surface area contributed by atoms with Gasteiger partial charge in [0.05, 0.1) is 32.2 Å². The van der Waals surface area contributed by atoms with E-state index >= 15 is 0 Å². The van der Waals surface area contributed by atoms with Crippen LogP contribution in [0.5, 0.6) is 11.5 Å². The summed E-state index contributed by atoms with van der Waals surface area (Å²) in [6.07, 6.45) is 1.07. The lowest BCUT2D eigenvalue weighted by Gasteiger charge is -2.18. The molecule has 0 saturated heterocycles. The van der Waals surface area contributed by atoms with Gasteiger partial charge in [-0.05, 0) is 49.2 Å². The van der Waals surface area contributed by atoms with Crippen LogP contribution in [0.1, 0.15) is 34.5 Å². The van der Waals surface area contributed by atoms with Crippen LogP contribution >= 0.6 is 0 Å². The molecule has 2 N–H and O–H groups in total. The number of rotatable bonds is 7. The molecule has 0 aliphatic rings. The molecule has 0 spiro atoms. The Labute approximate surface area is 159 Å². The van der Waals surface area contributed by atoms with Gasteiger partial charge in [-0.25, -0.2) is 8.42 Å². The lowest BCUT2D eigenvalue weighted by atomic mass is 10.0. The highest BCUT2D eigenvalue weighted by molar-refractivity contribution is 7.92. The lowest BCUT2D eigenvalue weighted by molar-refractivity contribution is 0.0939. The third-order valence-corrected chi connectivity index (χ3v) is 4.72. The highest BCUT2D eigenvalue weighted by atomic mass is 32.2. The summed E-state index contributed by atoms with van der Waals surface area (Å²) in [5.74, 6) is 0.883. The van der Waals surface area contributed by atoms with Crippen molar-refractivity contribution in [1.29, 1.82) is 0 Å². The Hall–Kier alpha value is -2.74. The fourth-order valence-electron chi connectivity index (χ4n) is 2.67. The number of ether oxygens (including phenoxy) is 2. The summed E-state index contributed by atoms with van der Waals surface area (Å²) in [7, 11) is -0.321. The van der Waals surface area contributed by atoms with Crippen molar-refractivity contribution in [2.24, 2.45) is 0 Å². The standard InChI is InChI=1S/C19H24N2O5S/c1-12-15(7-6-8-16(12)21-27(5,23)24)19(22)20-13(2)14-9-10-17(25-3)18(11-14)26-4/h6-11,13,21H,1-5H3,(H,20,22)/t13-/m0/s1. The van der Waals surface area contributed by atoms with E-state index in [9.17, 15) is 13.2 Å². The Bertz CT molecular complexity index is 941. The number of hydrogen-bond acceptors (Lipinski definition) is 5. The molecule has 1 atom stereocenters. The van der Waals surface area contributed by atoms with Gasteiger partial charge in [-0.3, -0.25) is 9.52 Å². The van der Waals surface area contributed by atoms with E-state index in [1.165, 1.54) is 0 Å². The highest BCUT2D eigenvalue weighted by Crippen LogP contribution is 2.30. The molecule has 7 nitrogen and oxygen atoms in total. The Kier molecular flexibility index (Phi) is 6.32. The van der Waals surface area contributed by atoms with Crippen molar-refractivity contribution >= 4 is 21.6 Å². The minimum absolute atomic E-state index is 0.289. The Balaban J connectivity index is 2.23. The van der Waals surface area contributed by atoms with Gasteiger partial charge in [0.1, 0.15) is 0 Å². The third-order valence-electron chi connectivity index (χ3n) is 4.13. The molecule has 0 saturated carbocycles. The van der Waals surface area contributed by atoms with E-state index < -0.39 is 10.0 Å². The van der Waals surface area contributed by atoms with E-state index in [0.717, 1.165) is 11.8 Å². The molecule has 27 heavy (non-hydrogen) atoms. The van der Waals surface area contributed by atoms with Gasteiger partial charge in [0, 0.05) is 5.56 Å². The number of hydrogen-bond donors (Lipinski definition) is 2. The molecule has 0 aliphatic heterocycles. The number of carbonyl (C=O) groups is 1. The molecule has 2 rings (SSSR count). The van der Waals surface area contributed by atoms with Crippen LogP contribution in [-0.2, 0) is 10.0 Å². The quantitative estimate of drug-likeness (QED) is 0.756. The molecule has 0 radical (unpaired) electrons. The average Bonchev–Trinajstić information content (AvgIpc) is 2.61. The summed E-state index contributed by atoms with van der Waals surface area (Å²) in [5, 5.41) is 2.92. The second kappa shape index (κ2) is 8.30. The zero-order valence-corrected chi connectivity index (χ0v) is 16.8.